The van der Waals surface area contributed by atoms with Crippen molar-refractivity contribution in [1.29, 1.82) is 0 Å². The molecule has 0 aliphatic carbocycles. The number of nitrogens with zero attached hydrogens (tertiary/aromatic N) is 2. The van der Waals surface area contributed by atoms with Gasteiger partial charge in [-0.05, 0) is 50.9 Å². The van der Waals surface area contributed by atoms with Gasteiger partial charge in [0.05, 0.1) is 6.54 Å². The van der Waals surface area contributed by atoms with E-state index in [0.29, 0.717) is 39.0 Å². The molecule has 2 atom stereocenters. The van der Waals surface area contributed by atoms with Crippen molar-refractivity contribution in [2.24, 2.45) is 38.8 Å². The molecule has 0 fully saturated rings. The minimum absolute atomic E-state index is 0.0370. The molecule has 13 heteroatoms. The first-order chi connectivity index (χ1) is 20.5. The molecule has 43 heavy (non-hydrogen) atoms. The summed E-state index contributed by atoms with van der Waals surface area (Å²) in [5.74, 6) is -0.129. The van der Waals surface area contributed by atoms with E-state index in [2.05, 4.69) is 38.2 Å². The summed E-state index contributed by atoms with van der Waals surface area (Å²) in [6.45, 7) is 8.42. The summed E-state index contributed by atoms with van der Waals surface area (Å²) >= 11 is 0. The van der Waals surface area contributed by atoms with Crippen LogP contribution in [0, 0.1) is 5.92 Å². The number of unbranched alkanes of at least 4 members (excludes halogenated alkanes) is 8. The molecule has 0 aliphatic heterocycles. The normalized spacial score (nSPS) is 12.3. The molecular weight excluding hydrogens is 548 g/mol. The molecule has 0 bridgehead atoms. The van der Waals surface area contributed by atoms with Gasteiger partial charge in [-0.2, -0.15) is 0 Å². The van der Waals surface area contributed by atoms with Crippen LogP contribution in [0.5, 0.6) is 0 Å². The number of rotatable bonds is 27. The molecule has 0 aromatic carbocycles. The molecule has 0 rings (SSSR count). The lowest BCUT2D eigenvalue weighted by Crippen LogP contribution is -2.50. The number of hydrogen-bond acceptors (Lipinski definition) is 6. The van der Waals surface area contributed by atoms with Crippen LogP contribution in [-0.2, 0) is 14.4 Å². The maximum atomic E-state index is 12.9. The third-order valence-electron chi connectivity index (χ3n) is 6.88. The van der Waals surface area contributed by atoms with Crippen LogP contribution in [0.1, 0.15) is 111 Å². The number of carbonyl (C=O) groups excluding carboxylic acids is 3. The smallest absolute Gasteiger partial charge is 0.242 e. The third kappa shape index (κ3) is 26.3. The van der Waals surface area contributed by atoms with Gasteiger partial charge in [0.1, 0.15) is 6.04 Å². The SMILES string of the molecule is CCCCCCCCC(CC(=O)NCCCCCN=C(N)N)NCC(=O)NC(CC(C)C)C(=O)NCCCCN=C(N)N. The summed E-state index contributed by atoms with van der Waals surface area (Å²) in [6, 6.07) is -0.749. The second-order valence-electron chi connectivity index (χ2n) is 11.6. The molecule has 0 radical (unpaired) electrons. The Balaban J connectivity index is 4.79. The van der Waals surface area contributed by atoms with Crippen molar-refractivity contribution in [1.82, 2.24) is 21.3 Å². The largest absolute Gasteiger partial charge is 0.370 e. The predicted molar refractivity (Wildman–Crippen MR) is 176 cm³/mol. The van der Waals surface area contributed by atoms with E-state index in [0.717, 1.165) is 51.4 Å². The van der Waals surface area contributed by atoms with Crippen molar-refractivity contribution >= 4 is 29.6 Å². The van der Waals surface area contributed by atoms with Crippen molar-refractivity contribution in [2.75, 3.05) is 32.7 Å². The van der Waals surface area contributed by atoms with E-state index in [9.17, 15) is 14.4 Å². The fraction of sp³-hybridized carbons (Fsp3) is 0.833. The molecule has 12 N–H and O–H groups in total. The Kier molecular flexibility index (Phi) is 24.6. The van der Waals surface area contributed by atoms with E-state index in [1.54, 1.807) is 0 Å². The number of guanidine groups is 2. The highest BCUT2D eigenvalue weighted by molar-refractivity contribution is 5.88. The highest BCUT2D eigenvalue weighted by Crippen LogP contribution is 2.11. The van der Waals surface area contributed by atoms with Gasteiger partial charge >= 0.3 is 0 Å². The Morgan fingerprint density at radius 2 is 1.26 bits per heavy atom. The molecule has 13 nitrogen and oxygen atoms in total. The molecule has 0 aliphatic rings. The lowest BCUT2D eigenvalue weighted by atomic mass is 10.0. The summed E-state index contributed by atoms with van der Waals surface area (Å²) in [5, 5.41) is 12.1. The van der Waals surface area contributed by atoms with Crippen LogP contribution in [0.3, 0.4) is 0 Å². The Morgan fingerprint density at radius 3 is 1.88 bits per heavy atom. The highest BCUT2D eigenvalue weighted by Gasteiger charge is 2.22. The van der Waals surface area contributed by atoms with E-state index in [4.69, 9.17) is 22.9 Å². The average Bonchev–Trinajstić information content (AvgIpc) is 2.93. The zero-order valence-corrected chi connectivity index (χ0v) is 27.1. The Bertz CT molecular complexity index is 812. The van der Waals surface area contributed by atoms with Crippen LogP contribution < -0.4 is 44.2 Å². The third-order valence-corrected chi connectivity index (χ3v) is 6.88. The van der Waals surface area contributed by atoms with Gasteiger partial charge in [0.25, 0.3) is 0 Å². The second kappa shape index (κ2) is 26.5. The fourth-order valence-electron chi connectivity index (χ4n) is 4.56. The monoisotopic (exact) mass is 611 g/mol. The fourth-order valence-corrected chi connectivity index (χ4v) is 4.56. The number of nitrogens with one attached hydrogen (secondary N) is 4. The first kappa shape index (κ1) is 39.9. The first-order valence-electron chi connectivity index (χ1n) is 16.2. The quantitative estimate of drug-likeness (QED) is 0.0383. The number of carbonyl (C=O) groups is 3. The van der Waals surface area contributed by atoms with Crippen molar-refractivity contribution < 1.29 is 14.4 Å². The average molecular weight is 611 g/mol. The standard InChI is InChI=1S/C30H62N10O3/c1-4-5-6-7-8-10-15-24(21-26(41)35-16-11-9-12-18-37-29(31)32)39-22-27(42)40-25(20-23(2)3)28(43)36-17-13-14-19-38-30(33)34/h23-25,39H,4-22H2,1-3H3,(H,35,41)(H,36,43)(H,40,42)(H4,31,32,37)(H4,33,34,38). The molecule has 0 aromatic rings. The number of nitrogens with two attached hydrogens (primary N) is 4. The van der Waals surface area contributed by atoms with E-state index >= 15 is 0 Å². The molecule has 0 heterocycles. The molecule has 2 unspecified atom stereocenters. The minimum atomic E-state index is -0.626. The van der Waals surface area contributed by atoms with Crippen LogP contribution in [0.4, 0.5) is 0 Å². The highest BCUT2D eigenvalue weighted by atomic mass is 16.2. The van der Waals surface area contributed by atoms with Gasteiger partial charge in [-0.3, -0.25) is 24.4 Å². The van der Waals surface area contributed by atoms with Gasteiger partial charge in [-0.15, -0.1) is 0 Å². The minimum Gasteiger partial charge on any atom is -0.370 e. The summed E-state index contributed by atoms with van der Waals surface area (Å²) in [4.78, 5) is 46.3. The Labute approximate surface area is 259 Å². The summed E-state index contributed by atoms with van der Waals surface area (Å²) in [7, 11) is 0. The van der Waals surface area contributed by atoms with Crippen LogP contribution in [0.25, 0.3) is 0 Å². The summed E-state index contributed by atoms with van der Waals surface area (Å²) < 4.78 is 0. The van der Waals surface area contributed by atoms with Crippen LogP contribution in [-0.4, -0.2) is 74.4 Å². The van der Waals surface area contributed by atoms with Crippen molar-refractivity contribution in [3.8, 4) is 0 Å². The Hall–Kier alpha value is -3.09. The molecule has 250 valence electrons. The topological polar surface area (TPSA) is 228 Å². The van der Waals surface area contributed by atoms with Crippen molar-refractivity contribution in [3.63, 3.8) is 0 Å². The predicted octanol–water partition coefficient (Wildman–Crippen LogP) is 1.35. The van der Waals surface area contributed by atoms with Gasteiger partial charge in [-0.1, -0.05) is 59.3 Å². The van der Waals surface area contributed by atoms with Gasteiger partial charge in [0, 0.05) is 38.6 Å². The van der Waals surface area contributed by atoms with Gasteiger partial charge in [-0.25, -0.2) is 0 Å². The summed E-state index contributed by atoms with van der Waals surface area (Å²) in [6.07, 6.45) is 12.6. The Morgan fingerprint density at radius 1 is 0.698 bits per heavy atom. The number of amides is 3. The number of aliphatic imine (C=N–C) groups is 2. The van der Waals surface area contributed by atoms with Gasteiger partial charge in [0.15, 0.2) is 11.9 Å². The number of hydrogen-bond donors (Lipinski definition) is 8. The zero-order valence-electron chi connectivity index (χ0n) is 27.1. The van der Waals surface area contributed by atoms with E-state index in [1.165, 1.54) is 25.7 Å². The van der Waals surface area contributed by atoms with Gasteiger partial charge < -0.3 is 44.2 Å². The van der Waals surface area contributed by atoms with E-state index in [1.807, 2.05) is 13.8 Å². The van der Waals surface area contributed by atoms with Crippen LogP contribution >= 0.6 is 0 Å². The molecule has 3 amide bonds. The lowest BCUT2D eigenvalue weighted by Gasteiger charge is -2.22. The molecule has 0 aromatic heterocycles. The first-order valence-corrected chi connectivity index (χ1v) is 16.2. The van der Waals surface area contributed by atoms with Crippen molar-refractivity contribution in [2.45, 2.75) is 123 Å². The van der Waals surface area contributed by atoms with Crippen molar-refractivity contribution in [3.05, 3.63) is 0 Å². The maximum Gasteiger partial charge on any atom is 0.242 e. The molecule has 0 saturated carbocycles. The van der Waals surface area contributed by atoms with E-state index in [-0.39, 0.29) is 48.1 Å². The van der Waals surface area contributed by atoms with Crippen LogP contribution in [0.2, 0.25) is 0 Å². The molecule has 0 spiro atoms. The van der Waals surface area contributed by atoms with Crippen LogP contribution in [0.15, 0.2) is 9.98 Å². The lowest BCUT2D eigenvalue weighted by molar-refractivity contribution is -0.129. The zero-order chi connectivity index (χ0) is 32.3. The molecule has 0 saturated heterocycles. The second-order valence-corrected chi connectivity index (χ2v) is 11.6. The maximum absolute atomic E-state index is 12.9. The summed E-state index contributed by atoms with van der Waals surface area (Å²) in [5.41, 5.74) is 21.3. The van der Waals surface area contributed by atoms with E-state index < -0.39 is 6.04 Å². The van der Waals surface area contributed by atoms with Gasteiger partial charge in [0.2, 0.25) is 17.7 Å². The molecular formula is C30H62N10O3.